The van der Waals surface area contributed by atoms with Gasteiger partial charge in [-0.25, -0.2) is 4.39 Å². The molecule has 1 aliphatic rings. The molecule has 1 aromatic rings. The second-order valence-corrected chi connectivity index (χ2v) is 5.40. The summed E-state index contributed by atoms with van der Waals surface area (Å²) in [6.45, 7) is 0.624. The van der Waals surface area contributed by atoms with Crippen LogP contribution in [0.25, 0.3) is 0 Å². The predicted octanol–water partition coefficient (Wildman–Crippen LogP) is 2.45. The van der Waals surface area contributed by atoms with Crippen LogP contribution in [-0.2, 0) is 9.53 Å². The van der Waals surface area contributed by atoms with Gasteiger partial charge >= 0.3 is 5.97 Å². The molecule has 114 valence electrons. The summed E-state index contributed by atoms with van der Waals surface area (Å²) in [5.41, 5.74) is -0.00505. The summed E-state index contributed by atoms with van der Waals surface area (Å²) >= 11 is 11.5. The number of carboxylic acids is 1. The van der Waals surface area contributed by atoms with Crippen LogP contribution in [0.4, 0.5) is 4.39 Å². The Balaban J connectivity index is 2.16. The van der Waals surface area contributed by atoms with Crippen molar-refractivity contribution >= 4 is 35.1 Å². The largest absolute Gasteiger partial charge is 0.481 e. The Kier molecular flexibility index (Phi) is 5.03. The van der Waals surface area contributed by atoms with E-state index in [-0.39, 0.29) is 41.7 Å². The Hall–Kier alpha value is -1.37. The number of benzene rings is 1. The molecule has 21 heavy (non-hydrogen) atoms. The maximum Gasteiger partial charge on any atom is 0.306 e. The van der Waals surface area contributed by atoms with Gasteiger partial charge in [0.15, 0.2) is 0 Å². The highest BCUT2D eigenvalue weighted by Gasteiger charge is 2.28. The third-order valence-electron chi connectivity index (χ3n) is 3.07. The predicted molar refractivity (Wildman–Crippen MR) is 74.3 cm³/mol. The fourth-order valence-corrected chi connectivity index (χ4v) is 2.54. The molecule has 1 fully saturated rings. The van der Waals surface area contributed by atoms with Crippen molar-refractivity contribution in [2.75, 3.05) is 19.7 Å². The molecule has 0 aliphatic carbocycles. The summed E-state index contributed by atoms with van der Waals surface area (Å²) < 4.78 is 18.7. The topological polar surface area (TPSA) is 66.8 Å². The Labute approximate surface area is 130 Å². The smallest absolute Gasteiger partial charge is 0.306 e. The minimum absolute atomic E-state index is 0.00505. The lowest BCUT2D eigenvalue weighted by Gasteiger charge is -2.32. The minimum Gasteiger partial charge on any atom is -0.481 e. The lowest BCUT2D eigenvalue weighted by Crippen LogP contribution is -2.46. The average molecular weight is 336 g/mol. The molecule has 1 atom stereocenters. The molecule has 0 saturated carbocycles. The summed E-state index contributed by atoms with van der Waals surface area (Å²) in [5.74, 6) is -2.22. The molecular weight excluding hydrogens is 324 g/mol. The molecule has 0 aromatic heterocycles. The molecule has 0 radical (unpaired) electrons. The monoisotopic (exact) mass is 335 g/mol. The lowest BCUT2D eigenvalue weighted by atomic mass is 10.1. The van der Waals surface area contributed by atoms with Crippen molar-refractivity contribution in [3.05, 3.63) is 33.6 Å². The number of hydrogen-bond donors (Lipinski definition) is 1. The van der Waals surface area contributed by atoms with E-state index in [1.807, 2.05) is 0 Å². The van der Waals surface area contributed by atoms with Crippen LogP contribution < -0.4 is 0 Å². The van der Waals surface area contributed by atoms with E-state index in [0.29, 0.717) is 0 Å². The van der Waals surface area contributed by atoms with Crippen LogP contribution in [0.5, 0.6) is 0 Å². The maximum absolute atomic E-state index is 13.5. The van der Waals surface area contributed by atoms with Gasteiger partial charge in [0.05, 0.1) is 34.7 Å². The van der Waals surface area contributed by atoms with Crippen LogP contribution in [-0.4, -0.2) is 47.7 Å². The third kappa shape index (κ3) is 3.84. The molecule has 0 unspecified atom stereocenters. The van der Waals surface area contributed by atoms with Crippen molar-refractivity contribution in [2.45, 2.75) is 12.5 Å². The number of hydrogen-bond acceptors (Lipinski definition) is 3. The Bertz CT molecular complexity index is 582. The first-order valence-corrected chi connectivity index (χ1v) is 6.91. The second-order valence-electron chi connectivity index (χ2n) is 4.59. The average Bonchev–Trinajstić information content (AvgIpc) is 2.41. The number of amides is 1. The van der Waals surface area contributed by atoms with Crippen molar-refractivity contribution in [1.82, 2.24) is 4.90 Å². The van der Waals surface area contributed by atoms with E-state index in [4.69, 9.17) is 33.0 Å². The van der Waals surface area contributed by atoms with Crippen LogP contribution in [0.3, 0.4) is 0 Å². The van der Waals surface area contributed by atoms with Crippen molar-refractivity contribution in [1.29, 1.82) is 0 Å². The zero-order chi connectivity index (χ0) is 15.6. The number of nitrogens with zero attached hydrogens (tertiary/aromatic N) is 1. The SMILES string of the molecule is O=C(O)C[C@H]1CN(C(=O)c2cc(F)c(Cl)cc2Cl)CCO1. The van der Waals surface area contributed by atoms with Crippen LogP contribution >= 0.6 is 23.2 Å². The molecular formula is C13H12Cl2FNO4. The number of aliphatic carboxylic acids is 1. The van der Waals surface area contributed by atoms with E-state index in [9.17, 15) is 14.0 Å². The van der Waals surface area contributed by atoms with Crippen molar-refractivity contribution < 1.29 is 23.8 Å². The first kappa shape index (κ1) is 16.0. The number of carboxylic acid groups (broad SMARTS) is 1. The van der Waals surface area contributed by atoms with E-state index in [0.717, 1.165) is 6.07 Å². The molecule has 0 bridgehead atoms. The van der Waals surface area contributed by atoms with Crippen LogP contribution in [0.15, 0.2) is 12.1 Å². The Morgan fingerprint density at radius 1 is 1.38 bits per heavy atom. The number of halogens is 3. The molecule has 1 amide bonds. The van der Waals surface area contributed by atoms with Crippen molar-refractivity contribution in [2.24, 2.45) is 0 Å². The molecule has 1 heterocycles. The van der Waals surface area contributed by atoms with Crippen molar-refractivity contribution in [3.8, 4) is 0 Å². The van der Waals surface area contributed by atoms with Crippen molar-refractivity contribution in [3.63, 3.8) is 0 Å². The lowest BCUT2D eigenvalue weighted by molar-refractivity contribution is -0.141. The van der Waals surface area contributed by atoms with Gasteiger partial charge in [-0.1, -0.05) is 23.2 Å². The van der Waals surface area contributed by atoms with E-state index in [1.165, 1.54) is 11.0 Å². The summed E-state index contributed by atoms with van der Waals surface area (Å²) in [6.07, 6.45) is -0.789. The zero-order valence-electron chi connectivity index (χ0n) is 10.8. The first-order valence-electron chi connectivity index (χ1n) is 6.15. The summed E-state index contributed by atoms with van der Waals surface area (Å²) in [4.78, 5) is 24.4. The van der Waals surface area contributed by atoms with E-state index < -0.39 is 23.8 Å². The number of ether oxygens (including phenoxy) is 1. The molecule has 8 heteroatoms. The van der Waals surface area contributed by atoms with E-state index >= 15 is 0 Å². The van der Waals surface area contributed by atoms with Gasteiger partial charge in [0.25, 0.3) is 5.91 Å². The molecule has 2 rings (SSSR count). The number of rotatable bonds is 3. The van der Waals surface area contributed by atoms with Crippen LogP contribution in [0.1, 0.15) is 16.8 Å². The van der Waals surface area contributed by atoms with Gasteiger partial charge in [-0.2, -0.15) is 0 Å². The van der Waals surface area contributed by atoms with Gasteiger partial charge < -0.3 is 14.7 Å². The van der Waals surface area contributed by atoms with E-state index in [1.54, 1.807) is 0 Å². The highest BCUT2D eigenvalue weighted by Crippen LogP contribution is 2.26. The van der Waals surface area contributed by atoms with Crippen LogP contribution in [0, 0.1) is 5.82 Å². The normalized spacial score (nSPS) is 18.6. The molecule has 1 N–H and O–H groups in total. The first-order chi connectivity index (χ1) is 9.88. The summed E-state index contributed by atoms with van der Waals surface area (Å²) in [6, 6.07) is 2.15. The fraction of sp³-hybridized carbons (Fsp3) is 0.385. The zero-order valence-corrected chi connectivity index (χ0v) is 12.3. The van der Waals surface area contributed by atoms with Crippen LogP contribution in [0.2, 0.25) is 10.0 Å². The quantitative estimate of drug-likeness (QED) is 0.861. The van der Waals surface area contributed by atoms with Gasteiger partial charge in [0.1, 0.15) is 5.82 Å². The Morgan fingerprint density at radius 3 is 2.76 bits per heavy atom. The molecule has 0 spiro atoms. The maximum atomic E-state index is 13.5. The molecule has 1 aliphatic heterocycles. The standard InChI is InChI=1S/C13H12Cl2FNO4/c14-9-5-10(15)11(16)4-8(9)13(20)17-1-2-21-7(6-17)3-12(18)19/h4-5,7H,1-3,6H2,(H,18,19)/t7-/m0/s1. The molecule has 1 aromatic carbocycles. The number of carbonyl (C=O) groups is 2. The third-order valence-corrected chi connectivity index (χ3v) is 3.67. The van der Waals surface area contributed by atoms with Gasteiger partial charge in [-0.15, -0.1) is 0 Å². The van der Waals surface area contributed by atoms with Gasteiger partial charge in [-0.05, 0) is 12.1 Å². The summed E-state index contributed by atoms with van der Waals surface area (Å²) in [5, 5.41) is 8.63. The number of morpholine rings is 1. The Morgan fingerprint density at radius 2 is 2.10 bits per heavy atom. The van der Waals surface area contributed by atoms with Gasteiger partial charge in [0.2, 0.25) is 0 Å². The molecule has 5 nitrogen and oxygen atoms in total. The fourth-order valence-electron chi connectivity index (χ4n) is 2.08. The number of carbonyl (C=O) groups excluding carboxylic acids is 1. The summed E-state index contributed by atoms with van der Waals surface area (Å²) in [7, 11) is 0. The van der Waals surface area contributed by atoms with Gasteiger partial charge in [-0.3, -0.25) is 9.59 Å². The molecule has 1 saturated heterocycles. The van der Waals surface area contributed by atoms with Gasteiger partial charge in [0, 0.05) is 13.1 Å². The highest BCUT2D eigenvalue weighted by molar-refractivity contribution is 6.36. The highest BCUT2D eigenvalue weighted by atomic mass is 35.5. The minimum atomic E-state index is -1.01. The second kappa shape index (κ2) is 6.60. The van der Waals surface area contributed by atoms with E-state index in [2.05, 4.69) is 0 Å².